The fourth-order valence-electron chi connectivity index (χ4n) is 2.52. The summed E-state index contributed by atoms with van der Waals surface area (Å²) < 4.78 is 1.81. The molecule has 2 atom stereocenters. The van der Waals surface area contributed by atoms with Crippen LogP contribution in [-0.4, -0.2) is 23.5 Å². The molecular weight excluding hydrogens is 320 g/mol. The number of likely N-dealkylation sites (tertiary alicyclic amines) is 1. The summed E-state index contributed by atoms with van der Waals surface area (Å²) in [6.45, 7) is 5.59. The van der Waals surface area contributed by atoms with Crippen LogP contribution in [0.25, 0.3) is 0 Å². The van der Waals surface area contributed by atoms with Gasteiger partial charge in [-0.1, -0.05) is 11.6 Å². The van der Waals surface area contributed by atoms with Gasteiger partial charge in [0.05, 0.1) is 6.04 Å². The molecule has 2 nitrogen and oxygen atoms in total. The van der Waals surface area contributed by atoms with Crippen molar-refractivity contribution < 1.29 is 0 Å². The van der Waals surface area contributed by atoms with Gasteiger partial charge in [-0.05, 0) is 55.2 Å². The summed E-state index contributed by atoms with van der Waals surface area (Å²) in [6, 6.07) is 3.18. The maximum absolute atomic E-state index is 6.31. The zero-order valence-electron chi connectivity index (χ0n) is 10.1. The lowest BCUT2D eigenvalue weighted by Crippen LogP contribution is -2.48. The summed E-state index contributed by atoms with van der Waals surface area (Å²) in [4.78, 5) is 3.77. The van der Waals surface area contributed by atoms with Crippen LogP contribution in [0.2, 0.25) is 4.34 Å². The van der Waals surface area contributed by atoms with E-state index in [1.165, 1.54) is 11.3 Å². The van der Waals surface area contributed by atoms with Crippen molar-refractivity contribution >= 4 is 38.9 Å². The predicted molar refractivity (Wildman–Crippen MR) is 78.8 cm³/mol. The normalized spacial score (nSPS) is 26.7. The maximum Gasteiger partial charge on any atom is 0.107 e. The summed E-state index contributed by atoms with van der Waals surface area (Å²) in [7, 11) is 0. The van der Waals surface area contributed by atoms with E-state index in [4.69, 9.17) is 17.3 Å². The molecule has 0 amide bonds. The van der Waals surface area contributed by atoms with Crippen LogP contribution in [-0.2, 0) is 0 Å². The molecule has 0 radical (unpaired) electrons. The average Bonchev–Trinajstić information content (AvgIpc) is 2.58. The van der Waals surface area contributed by atoms with E-state index in [0.29, 0.717) is 12.1 Å². The largest absolute Gasteiger partial charge is 0.326 e. The Hall–Kier alpha value is 0.390. The molecule has 2 N–H and O–H groups in total. The van der Waals surface area contributed by atoms with E-state index in [0.717, 1.165) is 21.8 Å². The molecule has 1 aliphatic heterocycles. The van der Waals surface area contributed by atoms with Gasteiger partial charge in [0.25, 0.3) is 0 Å². The SMILES string of the molecule is CC(C)N1CCCC(N)C1c1cc(Br)c(Cl)s1. The second-order valence-electron chi connectivity index (χ2n) is 4.85. The van der Waals surface area contributed by atoms with Crippen molar-refractivity contribution in [3.8, 4) is 0 Å². The van der Waals surface area contributed by atoms with Crippen LogP contribution >= 0.6 is 38.9 Å². The van der Waals surface area contributed by atoms with Crippen LogP contribution in [0, 0.1) is 0 Å². The fourth-order valence-corrected chi connectivity index (χ4v) is 4.45. The van der Waals surface area contributed by atoms with Crippen LogP contribution in [0.15, 0.2) is 10.5 Å². The zero-order valence-corrected chi connectivity index (χ0v) is 13.3. The van der Waals surface area contributed by atoms with Crippen molar-refractivity contribution in [2.75, 3.05) is 6.54 Å². The van der Waals surface area contributed by atoms with Crippen LogP contribution in [0.4, 0.5) is 0 Å². The topological polar surface area (TPSA) is 29.3 Å². The van der Waals surface area contributed by atoms with Crippen molar-refractivity contribution in [1.29, 1.82) is 0 Å². The molecule has 96 valence electrons. The number of piperidine rings is 1. The van der Waals surface area contributed by atoms with Crippen molar-refractivity contribution in [2.24, 2.45) is 5.73 Å². The van der Waals surface area contributed by atoms with E-state index in [1.54, 1.807) is 11.3 Å². The maximum atomic E-state index is 6.31. The van der Waals surface area contributed by atoms with E-state index in [2.05, 4.69) is 40.7 Å². The highest BCUT2D eigenvalue weighted by atomic mass is 79.9. The van der Waals surface area contributed by atoms with E-state index >= 15 is 0 Å². The number of nitrogens with zero attached hydrogens (tertiary/aromatic N) is 1. The lowest BCUT2D eigenvalue weighted by molar-refractivity contribution is 0.0969. The lowest BCUT2D eigenvalue weighted by Gasteiger charge is -2.41. The van der Waals surface area contributed by atoms with Gasteiger partial charge in [0.15, 0.2) is 0 Å². The van der Waals surface area contributed by atoms with Gasteiger partial charge in [0.1, 0.15) is 4.34 Å². The number of rotatable bonds is 2. The Morgan fingerprint density at radius 2 is 2.29 bits per heavy atom. The first-order valence-corrected chi connectivity index (χ1v) is 7.95. The summed E-state index contributed by atoms with van der Waals surface area (Å²) in [5.41, 5.74) is 6.31. The van der Waals surface area contributed by atoms with Gasteiger partial charge in [-0.3, -0.25) is 4.90 Å². The van der Waals surface area contributed by atoms with Gasteiger partial charge in [0, 0.05) is 21.4 Å². The Morgan fingerprint density at radius 1 is 1.59 bits per heavy atom. The molecule has 0 saturated carbocycles. The lowest BCUT2D eigenvalue weighted by atomic mass is 9.94. The highest BCUT2D eigenvalue weighted by Gasteiger charge is 2.33. The Kier molecular flexibility index (Phi) is 4.53. The number of hydrogen-bond donors (Lipinski definition) is 1. The minimum Gasteiger partial charge on any atom is -0.326 e. The molecule has 0 bridgehead atoms. The highest BCUT2D eigenvalue weighted by Crippen LogP contribution is 2.40. The van der Waals surface area contributed by atoms with E-state index < -0.39 is 0 Å². The summed E-state index contributed by atoms with van der Waals surface area (Å²) >= 11 is 11.3. The van der Waals surface area contributed by atoms with Gasteiger partial charge in [-0.2, -0.15) is 0 Å². The number of halogens is 2. The first kappa shape index (κ1) is 13.8. The Labute approximate surface area is 120 Å². The van der Waals surface area contributed by atoms with Crippen molar-refractivity contribution in [1.82, 2.24) is 4.90 Å². The summed E-state index contributed by atoms with van der Waals surface area (Å²) in [5.74, 6) is 0. The van der Waals surface area contributed by atoms with Crippen LogP contribution in [0.5, 0.6) is 0 Å². The third-order valence-corrected chi connectivity index (χ3v) is 5.88. The first-order valence-electron chi connectivity index (χ1n) is 5.96. The molecule has 2 unspecified atom stereocenters. The molecule has 0 spiro atoms. The second kappa shape index (κ2) is 5.57. The van der Waals surface area contributed by atoms with E-state index in [9.17, 15) is 0 Å². The molecule has 5 heteroatoms. The van der Waals surface area contributed by atoms with Crippen LogP contribution in [0.3, 0.4) is 0 Å². The van der Waals surface area contributed by atoms with Crippen LogP contribution in [0.1, 0.15) is 37.6 Å². The van der Waals surface area contributed by atoms with Gasteiger partial charge in [0.2, 0.25) is 0 Å². The Bertz CT molecular complexity index is 374. The van der Waals surface area contributed by atoms with E-state index in [-0.39, 0.29) is 6.04 Å². The second-order valence-corrected chi connectivity index (χ2v) is 7.39. The third-order valence-electron chi connectivity index (χ3n) is 3.34. The molecule has 1 aromatic rings. The number of hydrogen-bond acceptors (Lipinski definition) is 3. The Balaban J connectivity index is 2.31. The first-order chi connectivity index (χ1) is 8.00. The average molecular weight is 338 g/mol. The molecule has 2 rings (SSSR count). The fraction of sp³-hybridized carbons (Fsp3) is 0.667. The number of nitrogens with two attached hydrogens (primary N) is 1. The molecule has 0 aromatic carbocycles. The smallest absolute Gasteiger partial charge is 0.107 e. The minimum absolute atomic E-state index is 0.216. The molecule has 1 aromatic heterocycles. The van der Waals surface area contributed by atoms with Crippen molar-refractivity contribution in [2.45, 2.75) is 44.8 Å². The van der Waals surface area contributed by atoms with Crippen molar-refractivity contribution in [3.63, 3.8) is 0 Å². The van der Waals surface area contributed by atoms with Gasteiger partial charge < -0.3 is 5.73 Å². The molecule has 1 aliphatic rings. The van der Waals surface area contributed by atoms with Gasteiger partial charge >= 0.3 is 0 Å². The zero-order chi connectivity index (χ0) is 12.6. The predicted octanol–water partition coefficient (Wildman–Crippen LogP) is 4.04. The molecule has 2 heterocycles. The summed E-state index contributed by atoms with van der Waals surface area (Å²) in [5, 5.41) is 0. The van der Waals surface area contributed by atoms with Gasteiger partial charge in [-0.15, -0.1) is 11.3 Å². The quantitative estimate of drug-likeness (QED) is 0.882. The molecule has 1 saturated heterocycles. The van der Waals surface area contributed by atoms with Crippen LogP contribution < -0.4 is 5.73 Å². The van der Waals surface area contributed by atoms with Gasteiger partial charge in [-0.25, -0.2) is 0 Å². The monoisotopic (exact) mass is 336 g/mol. The number of thiophene rings is 1. The van der Waals surface area contributed by atoms with E-state index in [1.807, 2.05) is 0 Å². The highest BCUT2D eigenvalue weighted by molar-refractivity contribution is 9.10. The molecule has 0 aliphatic carbocycles. The molecular formula is C12H18BrClN2S. The summed E-state index contributed by atoms with van der Waals surface area (Å²) in [6.07, 6.45) is 2.29. The standard InChI is InChI=1S/C12H18BrClN2S/c1-7(2)16-5-3-4-9(15)11(16)10-6-8(13)12(14)17-10/h6-7,9,11H,3-5,15H2,1-2H3. The third kappa shape index (κ3) is 2.87. The van der Waals surface area contributed by atoms with Crippen molar-refractivity contribution in [3.05, 3.63) is 19.8 Å². The molecule has 17 heavy (non-hydrogen) atoms. The minimum atomic E-state index is 0.216. The molecule has 1 fully saturated rings. The Morgan fingerprint density at radius 3 is 2.82 bits per heavy atom.